The Labute approximate surface area is 176 Å². The van der Waals surface area contributed by atoms with E-state index in [4.69, 9.17) is 0 Å². The van der Waals surface area contributed by atoms with Gasteiger partial charge in [0.25, 0.3) is 0 Å². The number of piperazine rings is 1. The summed E-state index contributed by atoms with van der Waals surface area (Å²) < 4.78 is 0. The summed E-state index contributed by atoms with van der Waals surface area (Å²) in [6, 6.07) is 7.70. The van der Waals surface area contributed by atoms with Crippen molar-refractivity contribution in [3.05, 3.63) is 36.0 Å². The molecule has 2 aromatic rings. The zero-order chi connectivity index (χ0) is 20.7. The van der Waals surface area contributed by atoms with Crippen molar-refractivity contribution in [2.45, 2.75) is 38.1 Å². The monoisotopic (exact) mass is 408 g/mol. The number of hydrogen-bond acceptors (Lipinski definition) is 3. The molecule has 30 heavy (non-hydrogen) atoms. The number of carbonyl (C=O) groups excluding carboxylic acids is 3. The van der Waals surface area contributed by atoms with Gasteiger partial charge in [0.05, 0.1) is 6.42 Å². The van der Waals surface area contributed by atoms with E-state index in [0.717, 1.165) is 42.1 Å². The van der Waals surface area contributed by atoms with Gasteiger partial charge in [0.2, 0.25) is 17.7 Å². The van der Waals surface area contributed by atoms with E-state index < -0.39 is 0 Å². The molecular formula is C23H28N4O3. The largest absolute Gasteiger partial charge is 0.361 e. The molecule has 0 spiro atoms. The standard InChI is InChI=1S/C23H28N4O3/c28-21(14-17-15-24-19-5-2-1-4-18(17)19)25-10-12-26(13-11-25)23(30)20-6-3-9-27(20)22(29)16-7-8-16/h1-2,4-5,15-16,20,24H,3,6-14H2. The highest BCUT2D eigenvalue weighted by molar-refractivity contribution is 5.91. The quantitative estimate of drug-likeness (QED) is 0.838. The molecule has 7 nitrogen and oxygen atoms in total. The fourth-order valence-electron chi connectivity index (χ4n) is 4.79. The van der Waals surface area contributed by atoms with E-state index in [-0.39, 0.29) is 29.7 Å². The van der Waals surface area contributed by atoms with Crippen LogP contribution in [0.5, 0.6) is 0 Å². The molecule has 2 aliphatic heterocycles. The Morgan fingerprint density at radius 3 is 2.40 bits per heavy atom. The number of rotatable bonds is 4. The minimum absolute atomic E-state index is 0.0604. The Hall–Kier alpha value is -2.83. The molecule has 1 N–H and O–H groups in total. The van der Waals surface area contributed by atoms with Crippen molar-refractivity contribution in [1.29, 1.82) is 0 Å². The molecule has 3 heterocycles. The fourth-order valence-corrected chi connectivity index (χ4v) is 4.79. The highest BCUT2D eigenvalue weighted by Crippen LogP contribution is 2.34. The summed E-state index contributed by atoms with van der Waals surface area (Å²) in [6.45, 7) is 2.89. The molecular weight excluding hydrogens is 380 g/mol. The van der Waals surface area contributed by atoms with Crippen LogP contribution in [0, 0.1) is 5.92 Å². The summed E-state index contributed by atoms with van der Waals surface area (Å²) in [5, 5.41) is 1.08. The van der Waals surface area contributed by atoms with Crippen molar-refractivity contribution in [3.8, 4) is 0 Å². The number of carbonyl (C=O) groups is 3. The number of para-hydroxylation sites is 1. The van der Waals surface area contributed by atoms with Gasteiger partial charge in [-0.3, -0.25) is 14.4 Å². The van der Waals surface area contributed by atoms with E-state index in [0.29, 0.717) is 39.1 Å². The number of H-pyrrole nitrogens is 1. The summed E-state index contributed by atoms with van der Waals surface area (Å²) in [4.78, 5) is 47.1. The number of likely N-dealkylation sites (tertiary alicyclic amines) is 1. The van der Waals surface area contributed by atoms with Crippen LogP contribution in [-0.2, 0) is 20.8 Å². The van der Waals surface area contributed by atoms with Gasteiger partial charge in [-0.25, -0.2) is 0 Å². The van der Waals surface area contributed by atoms with E-state index in [9.17, 15) is 14.4 Å². The summed E-state index contributed by atoms with van der Waals surface area (Å²) in [5.41, 5.74) is 2.05. The number of nitrogens with one attached hydrogen (secondary N) is 1. The molecule has 1 aromatic heterocycles. The molecule has 3 fully saturated rings. The Balaban J connectivity index is 1.17. The lowest BCUT2D eigenvalue weighted by molar-refractivity contribution is -0.147. The van der Waals surface area contributed by atoms with E-state index in [1.54, 1.807) is 0 Å². The van der Waals surface area contributed by atoms with E-state index in [1.807, 2.05) is 45.2 Å². The topological polar surface area (TPSA) is 76.7 Å². The molecule has 1 saturated carbocycles. The first-order valence-corrected chi connectivity index (χ1v) is 11.0. The van der Waals surface area contributed by atoms with Gasteiger partial charge in [-0.05, 0) is 37.3 Å². The van der Waals surface area contributed by atoms with Crippen LogP contribution in [0.25, 0.3) is 10.9 Å². The molecule has 158 valence electrons. The number of hydrogen-bond donors (Lipinski definition) is 1. The fraction of sp³-hybridized carbons (Fsp3) is 0.522. The molecule has 0 bridgehead atoms. The second-order valence-corrected chi connectivity index (χ2v) is 8.71. The molecule has 3 amide bonds. The normalized spacial score (nSPS) is 22.0. The minimum atomic E-state index is -0.299. The highest BCUT2D eigenvalue weighted by atomic mass is 16.2. The van der Waals surface area contributed by atoms with Gasteiger partial charge in [0.15, 0.2) is 0 Å². The number of fused-ring (bicyclic) bond motifs is 1. The predicted octanol–water partition coefficient (Wildman–Crippen LogP) is 1.78. The third-order valence-electron chi connectivity index (χ3n) is 6.71. The maximum atomic E-state index is 13.1. The predicted molar refractivity (Wildman–Crippen MR) is 113 cm³/mol. The first-order valence-electron chi connectivity index (χ1n) is 11.0. The van der Waals surface area contributed by atoms with E-state index >= 15 is 0 Å². The first-order chi connectivity index (χ1) is 14.6. The number of amides is 3. The lowest BCUT2D eigenvalue weighted by Crippen LogP contribution is -2.55. The number of aromatic amines is 1. The summed E-state index contributed by atoms with van der Waals surface area (Å²) in [6.07, 6.45) is 5.87. The highest BCUT2D eigenvalue weighted by Gasteiger charge is 2.42. The van der Waals surface area contributed by atoms with Crippen molar-refractivity contribution in [2.75, 3.05) is 32.7 Å². The smallest absolute Gasteiger partial charge is 0.245 e. The van der Waals surface area contributed by atoms with Crippen LogP contribution in [-0.4, -0.2) is 76.2 Å². The maximum Gasteiger partial charge on any atom is 0.245 e. The van der Waals surface area contributed by atoms with Crippen molar-refractivity contribution in [1.82, 2.24) is 19.7 Å². The van der Waals surface area contributed by atoms with Crippen molar-refractivity contribution >= 4 is 28.6 Å². The number of aromatic nitrogens is 1. The Kier molecular flexibility index (Phi) is 4.97. The van der Waals surface area contributed by atoms with Crippen LogP contribution in [0.1, 0.15) is 31.2 Å². The Bertz CT molecular complexity index is 972. The number of nitrogens with zero attached hydrogens (tertiary/aromatic N) is 3. The van der Waals surface area contributed by atoms with E-state index in [1.165, 1.54) is 0 Å². The molecule has 1 aliphatic carbocycles. The molecule has 0 radical (unpaired) electrons. The second kappa shape index (κ2) is 7.78. The SMILES string of the molecule is O=C(Cc1c[nH]c2ccccc12)N1CCN(C(=O)C2CCCN2C(=O)C2CC2)CC1. The molecule has 1 unspecified atom stereocenters. The Morgan fingerprint density at radius 1 is 0.900 bits per heavy atom. The summed E-state index contributed by atoms with van der Waals surface area (Å²) in [7, 11) is 0. The van der Waals surface area contributed by atoms with Crippen molar-refractivity contribution in [3.63, 3.8) is 0 Å². The first kappa shape index (κ1) is 19.2. The van der Waals surface area contributed by atoms with Gasteiger partial charge in [-0.1, -0.05) is 18.2 Å². The van der Waals surface area contributed by atoms with Gasteiger partial charge in [0, 0.05) is 55.7 Å². The second-order valence-electron chi connectivity index (χ2n) is 8.71. The molecule has 1 atom stereocenters. The van der Waals surface area contributed by atoms with Crippen LogP contribution < -0.4 is 0 Å². The minimum Gasteiger partial charge on any atom is -0.361 e. The van der Waals surface area contributed by atoms with Gasteiger partial charge in [0.1, 0.15) is 6.04 Å². The maximum absolute atomic E-state index is 13.1. The van der Waals surface area contributed by atoms with Gasteiger partial charge in [-0.2, -0.15) is 0 Å². The van der Waals surface area contributed by atoms with Gasteiger partial charge < -0.3 is 19.7 Å². The van der Waals surface area contributed by atoms with Crippen LogP contribution >= 0.6 is 0 Å². The lowest BCUT2D eigenvalue weighted by Gasteiger charge is -2.37. The Morgan fingerprint density at radius 2 is 1.63 bits per heavy atom. The van der Waals surface area contributed by atoms with Crippen LogP contribution in [0.3, 0.4) is 0 Å². The zero-order valence-corrected chi connectivity index (χ0v) is 17.2. The molecule has 5 rings (SSSR count). The number of benzene rings is 1. The lowest BCUT2D eigenvalue weighted by atomic mass is 10.1. The van der Waals surface area contributed by atoms with E-state index in [2.05, 4.69) is 4.98 Å². The molecule has 7 heteroatoms. The summed E-state index contributed by atoms with van der Waals surface area (Å²) in [5.74, 6) is 0.472. The van der Waals surface area contributed by atoms with Crippen LogP contribution in [0.4, 0.5) is 0 Å². The molecule has 3 aliphatic rings. The zero-order valence-electron chi connectivity index (χ0n) is 17.2. The third kappa shape index (κ3) is 3.57. The average molecular weight is 409 g/mol. The van der Waals surface area contributed by atoms with Crippen LogP contribution in [0.15, 0.2) is 30.5 Å². The molecule has 2 saturated heterocycles. The van der Waals surface area contributed by atoms with Crippen molar-refractivity contribution in [2.24, 2.45) is 5.92 Å². The average Bonchev–Trinajstić information content (AvgIpc) is 3.38. The van der Waals surface area contributed by atoms with Crippen molar-refractivity contribution < 1.29 is 14.4 Å². The van der Waals surface area contributed by atoms with Crippen LogP contribution in [0.2, 0.25) is 0 Å². The molecule has 1 aromatic carbocycles. The summed E-state index contributed by atoms with van der Waals surface area (Å²) >= 11 is 0. The van der Waals surface area contributed by atoms with Gasteiger partial charge >= 0.3 is 0 Å². The third-order valence-corrected chi connectivity index (χ3v) is 6.71. The van der Waals surface area contributed by atoms with Gasteiger partial charge in [-0.15, -0.1) is 0 Å².